The molecule has 1 nitrogen and oxygen atoms in total. The van der Waals surface area contributed by atoms with Gasteiger partial charge in [-0.15, -0.1) is 0 Å². The first kappa shape index (κ1) is 9.72. The highest BCUT2D eigenvalue weighted by molar-refractivity contribution is 5.90. The first-order valence-electron chi connectivity index (χ1n) is 4.56. The molecule has 0 saturated carbocycles. The third-order valence-electron chi connectivity index (χ3n) is 1.82. The summed E-state index contributed by atoms with van der Waals surface area (Å²) >= 11 is 0. The average molecular weight is 173 g/mol. The van der Waals surface area contributed by atoms with Gasteiger partial charge in [0, 0.05) is 13.3 Å². The fourth-order valence-electron chi connectivity index (χ4n) is 1.22. The second-order valence-electron chi connectivity index (χ2n) is 2.82. The molecular weight excluding hydrogens is 158 g/mol. The van der Waals surface area contributed by atoms with Crippen LogP contribution >= 0.6 is 0 Å². The van der Waals surface area contributed by atoms with E-state index in [0.717, 1.165) is 6.42 Å². The summed E-state index contributed by atoms with van der Waals surface area (Å²) in [5.41, 5.74) is 0. The van der Waals surface area contributed by atoms with E-state index < -0.39 is 0 Å². The third-order valence-corrected chi connectivity index (χ3v) is 1.82. The SMILES string of the molecule is CC/C=c1/cccc/c1=C/C=NC. The molecular formula is C12H15N. The Kier molecular flexibility index (Phi) is 3.97. The van der Waals surface area contributed by atoms with E-state index in [1.54, 1.807) is 7.05 Å². The van der Waals surface area contributed by atoms with Crippen molar-refractivity contribution in [2.24, 2.45) is 4.99 Å². The second-order valence-corrected chi connectivity index (χ2v) is 2.82. The van der Waals surface area contributed by atoms with Gasteiger partial charge in [-0.25, -0.2) is 0 Å². The minimum absolute atomic E-state index is 1.06. The molecule has 0 unspecified atom stereocenters. The molecule has 0 atom stereocenters. The van der Waals surface area contributed by atoms with Crippen LogP contribution in [0.1, 0.15) is 13.3 Å². The highest BCUT2D eigenvalue weighted by Gasteiger charge is 1.80. The molecule has 68 valence electrons. The molecule has 1 rings (SSSR count). The summed E-state index contributed by atoms with van der Waals surface area (Å²) in [6.45, 7) is 2.14. The van der Waals surface area contributed by atoms with E-state index in [1.165, 1.54) is 10.4 Å². The van der Waals surface area contributed by atoms with Gasteiger partial charge in [0.2, 0.25) is 0 Å². The van der Waals surface area contributed by atoms with Gasteiger partial charge in [0.25, 0.3) is 0 Å². The van der Waals surface area contributed by atoms with Crippen molar-refractivity contribution in [1.29, 1.82) is 0 Å². The molecule has 1 aromatic rings. The summed E-state index contributed by atoms with van der Waals surface area (Å²) in [6, 6.07) is 8.33. The summed E-state index contributed by atoms with van der Waals surface area (Å²) in [5, 5.41) is 2.51. The van der Waals surface area contributed by atoms with Crippen LogP contribution in [0, 0.1) is 0 Å². The molecule has 0 N–H and O–H groups in total. The van der Waals surface area contributed by atoms with Crippen LogP contribution in [0.2, 0.25) is 0 Å². The maximum Gasteiger partial charge on any atom is 0.0277 e. The van der Waals surface area contributed by atoms with E-state index >= 15 is 0 Å². The maximum absolute atomic E-state index is 3.94. The van der Waals surface area contributed by atoms with Gasteiger partial charge in [-0.2, -0.15) is 0 Å². The van der Waals surface area contributed by atoms with E-state index in [-0.39, 0.29) is 0 Å². The molecule has 0 heterocycles. The molecule has 1 aromatic carbocycles. The fraction of sp³-hybridized carbons (Fsp3) is 0.250. The number of nitrogens with zero attached hydrogens (tertiary/aromatic N) is 1. The second kappa shape index (κ2) is 5.31. The first-order valence-corrected chi connectivity index (χ1v) is 4.56. The van der Waals surface area contributed by atoms with Crippen LogP contribution in [-0.2, 0) is 0 Å². The average Bonchev–Trinajstić information content (AvgIpc) is 2.17. The molecule has 0 spiro atoms. The van der Waals surface area contributed by atoms with Crippen molar-refractivity contribution in [2.75, 3.05) is 7.05 Å². The molecule has 13 heavy (non-hydrogen) atoms. The van der Waals surface area contributed by atoms with Crippen LogP contribution in [0.5, 0.6) is 0 Å². The maximum atomic E-state index is 3.94. The lowest BCUT2D eigenvalue weighted by molar-refractivity contribution is 1.28. The van der Waals surface area contributed by atoms with Gasteiger partial charge in [-0.3, -0.25) is 4.99 Å². The zero-order chi connectivity index (χ0) is 9.52. The van der Waals surface area contributed by atoms with Gasteiger partial charge in [-0.1, -0.05) is 37.3 Å². The topological polar surface area (TPSA) is 12.4 Å². The first-order chi connectivity index (χ1) is 6.38. The largest absolute Gasteiger partial charge is 0.296 e. The summed E-state index contributed by atoms with van der Waals surface area (Å²) in [5.74, 6) is 0. The normalized spacial score (nSPS) is 14.3. The summed E-state index contributed by atoms with van der Waals surface area (Å²) in [6.07, 6.45) is 7.13. The number of hydrogen-bond acceptors (Lipinski definition) is 1. The lowest BCUT2D eigenvalue weighted by atomic mass is 10.2. The quantitative estimate of drug-likeness (QED) is 0.599. The smallest absolute Gasteiger partial charge is 0.0277 e. The van der Waals surface area contributed by atoms with Gasteiger partial charge >= 0.3 is 0 Å². The van der Waals surface area contributed by atoms with Gasteiger partial charge in [0.05, 0.1) is 0 Å². The van der Waals surface area contributed by atoms with E-state index in [2.05, 4.69) is 36.2 Å². The van der Waals surface area contributed by atoms with Crippen molar-refractivity contribution in [2.45, 2.75) is 13.3 Å². The van der Waals surface area contributed by atoms with Gasteiger partial charge < -0.3 is 0 Å². The van der Waals surface area contributed by atoms with Crippen LogP contribution in [0.3, 0.4) is 0 Å². The zero-order valence-electron chi connectivity index (χ0n) is 8.20. The Morgan fingerprint density at radius 3 is 2.54 bits per heavy atom. The molecule has 0 fully saturated rings. The van der Waals surface area contributed by atoms with Crippen molar-refractivity contribution in [1.82, 2.24) is 0 Å². The highest BCUT2D eigenvalue weighted by atomic mass is 14.6. The minimum Gasteiger partial charge on any atom is -0.296 e. The monoisotopic (exact) mass is 173 g/mol. The number of aliphatic imine (C=N–C) groups is 1. The Hall–Kier alpha value is -1.37. The molecule has 0 amide bonds. The molecule has 0 aromatic heterocycles. The summed E-state index contributed by atoms with van der Waals surface area (Å²) in [7, 11) is 1.78. The predicted molar refractivity (Wildman–Crippen MR) is 59.3 cm³/mol. The van der Waals surface area contributed by atoms with E-state index in [9.17, 15) is 0 Å². The molecule has 0 aliphatic heterocycles. The Morgan fingerprint density at radius 2 is 1.92 bits per heavy atom. The van der Waals surface area contributed by atoms with E-state index in [1.807, 2.05) is 18.4 Å². The summed E-state index contributed by atoms with van der Waals surface area (Å²) in [4.78, 5) is 3.94. The van der Waals surface area contributed by atoms with E-state index in [0.29, 0.717) is 0 Å². The van der Waals surface area contributed by atoms with Crippen molar-refractivity contribution >= 4 is 18.4 Å². The van der Waals surface area contributed by atoms with Crippen molar-refractivity contribution < 1.29 is 0 Å². The van der Waals surface area contributed by atoms with Crippen LogP contribution in [0.4, 0.5) is 0 Å². The van der Waals surface area contributed by atoms with Crippen molar-refractivity contribution in [3.63, 3.8) is 0 Å². The van der Waals surface area contributed by atoms with Crippen molar-refractivity contribution in [3.05, 3.63) is 34.7 Å². The molecule has 0 aliphatic rings. The van der Waals surface area contributed by atoms with Crippen LogP contribution < -0.4 is 10.4 Å². The highest BCUT2D eigenvalue weighted by Crippen LogP contribution is 1.76. The molecule has 0 aliphatic carbocycles. The Labute approximate surface area is 79.1 Å². The Bertz CT molecular complexity index is 388. The standard InChI is InChI=1S/C12H15N/c1-3-6-11-7-4-5-8-12(11)9-10-13-2/h4-10H,3H2,1-2H3/b11-6-,12-9-,13-10?. The molecule has 1 heteroatoms. The van der Waals surface area contributed by atoms with Crippen LogP contribution in [-0.4, -0.2) is 13.3 Å². The van der Waals surface area contributed by atoms with Crippen molar-refractivity contribution in [3.8, 4) is 0 Å². The Morgan fingerprint density at radius 1 is 1.23 bits per heavy atom. The molecule has 0 saturated heterocycles. The predicted octanol–water partition coefficient (Wildman–Crippen LogP) is 1.36. The third kappa shape index (κ3) is 2.86. The van der Waals surface area contributed by atoms with Gasteiger partial charge in [-0.05, 0) is 22.9 Å². The summed E-state index contributed by atoms with van der Waals surface area (Å²) < 4.78 is 0. The minimum atomic E-state index is 1.06. The zero-order valence-corrected chi connectivity index (χ0v) is 8.20. The number of benzene rings is 1. The van der Waals surface area contributed by atoms with Crippen LogP contribution in [0.25, 0.3) is 12.2 Å². The van der Waals surface area contributed by atoms with E-state index in [4.69, 9.17) is 0 Å². The lowest BCUT2D eigenvalue weighted by Gasteiger charge is -1.88. The number of hydrogen-bond donors (Lipinski definition) is 0. The van der Waals surface area contributed by atoms with Gasteiger partial charge in [0.15, 0.2) is 0 Å². The fourth-order valence-corrected chi connectivity index (χ4v) is 1.22. The number of rotatable bonds is 2. The molecule has 0 bridgehead atoms. The van der Waals surface area contributed by atoms with Gasteiger partial charge in [0.1, 0.15) is 0 Å². The molecule has 0 radical (unpaired) electrons. The van der Waals surface area contributed by atoms with Crippen LogP contribution in [0.15, 0.2) is 29.3 Å². The Balaban J connectivity index is 3.28. The lowest BCUT2D eigenvalue weighted by Crippen LogP contribution is -2.23.